The smallest absolute Gasteiger partial charge is 0.255 e. The highest BCUT2D eigenvalue weighted by Crippen LogP contribution is 2.42. The molecule has 1 aromatic heterocycles. The van der Waals surface area contributed by atoms with Gasteiger partial charge in [0.2, 0.25) is 0 Å². The van der Waals surface area contributed by atoms with E-state index in [-0.39, 0.29) is 23.1 Å². The van der Waals surface area contributed by atoms with Gasteiger partial charge in [0.15, 0.2) is 11.8 Å². The molecule has 2 amide bonds. The predicted octanol–water partition coefficient (Wildman–Crippen LogP) is 6.85. The number of benzene rings is 3. The number of amides is 2. The SMILES string of the molecule is CNC(=O)c1c(-c2ccc(F)cc2)oc2cc(OCC(C)C)c(-c3ccc(OC)c(C(=O)NC(C)(C)C4N=COS4)c3)cc12. The Morgan fingerprint density at radius 1 is 1.05 bits per heavy atom. The Bertz CT molecular complexity index is 1730. The van der Waals surface area contributed by atoms with Crippen LogP contribution < -0.4 is 20.1 Å². The van der Waals surface area contributed by atoms with Gasteiger partial charge in [-0.3, -0.25) is 9.59 Å². The fourth-order valence-electron chi connectivity index (χ4n) is 4.84. The number of carbonyl (C=O) groups is 2. The predicted molar refractivity (Wildman–Crippen MR) is 170 cm³/mol. The Balaban J connectivity index is 1.66. The number of hydrogen-bond donors (Lipinski definition) is 2. The van der Waals surface area contributed by atoms with Gasteiger partial charge in [-0.15, -0.1) is 0 Å². The molecule has 230 valence electrons. The fraction of sp³-hybridized carbons (Fsp3) is 0.303. The lowest BCUT2D eigenvalue weighted by molar-refractivity contribution is 0.0908. The Morgan fingerprint density at radius 3 is 2.41 bits per heavy atom. The average molecular weight is 620 g/mol. The number of hydrogen-bond acceptors (Lipinski definition) is 8. The van der Waals surface area contributed by atoms with Gasteiger partial charge < -0.3 is 28.7 Å². The van der Waals surface area contributed by atoms with E-state index >= 15 is 0 Å². The van der Waals surface area contributed by atoms with Crippen molar-refractivity contribution in [2.75, 3.05) is 20.8 Å². The number of fused-ring (bicyclic) bond motifs is 1. The van der Waals surface area contributed by atoms with Gasteiger partial charge in [-0.1, -0.05) is 19.9 Å². The molecule has 9 nitrogen and oxygen atoms in total. The van der Waals surface area contributed by atoms with Gasteiger partial charge in [-0.05, 0) is 67.8 Å². The number of carbonyl (C=O) groups excluding carboxylic acids is 2. The molecule has 11 heteroatoms. The van der Waals surface area contributed by atoms with Crippen LogP contribution in [0.2, 0.25) is 0 Å². The normalized spacial score (nSPS) is 14.5. The first kappa shape index (κ1) is 30.9. The number of rotatable bonds is 10. The summed E-state index contributed by atoms with van der Waals surface area (Å²) >= 11 is 1.17. The van der Waals surface area contributed by atoms with Crippen LogP contribution in [0.5, 0.6) is 11.5 Å². The van der Waals surface area contributed by atoms with Crippen LogP contribution in [0, 0.1) is 11.7 Å². The molecule has 1 aliphatic heterocycles. The zero-order chi connectivity index (χ0) is 31.6. The molecule has 0 saturated heterocycles. The standard InChI is InChI=1S/C33H34FN3O6S/c1-18(2)16-41-26-15-27-23(28(31(39)35-5)29(43-27)19-7-10-21(34)11-8-19)14-22(26)20-9-12-25(40-6)24(13-20)30(38)37-33(3,4)32-36-17-42-44-32/h7-15,17-18,32H,16H2,1-6H3,(H,35,39)(H,37,38). The zero-order valence-corrected chi connectivity index (χ0v) is 26.1. The van der Waals surface area contributed by atoms with Gasteiger partial charge >= 0.3 is 0 Å². The molecular weight excluding hydrogens is 585 g/mol. The van der Waals surface area contributed by atoms with Gasteiger partial charge in [-0.25, -0.2) is 9.38 Å². The number of furan rings is 1. The van der Waals surface area contributed by atoms with Crippen LogP contribution in [0.3, 0.4) is 0 Å². The average Bonchev–Trinajstić information content (AvgIpc) is 3.68. The van der Waals surface area contributed by atoms with E-state index in [1.165, 1.54) is 44.7 Å². The lowest BCUT2D eigenvalue weighted by Crippen LogP contribution is -2.49. The minimum absolute atomic E-state index is 0.228. The molecule has 44 heavy (non-hydrogen) atoms. The van der Waals surface area contributed by atoms with Crippen molar-refractivity contribution in [2.24, 2.45) is 10.9 Å². The second kappa shape index (κ2) is 12.6. The van der Waals surface area contributed by atoms with E-state index in [4.69, 9.17) is 18.1 Å². The Morgan fingerprint density at radius 2 is 1.77 bits per heavy atom. The van der Waals surface area contributed by atoms with E-state index in [1.54, 1.807) is 30.3 Å². The number of halogens is 1. The Kier molecular flexibility index (Phi) is 8.87. The van der Waals surface area contributed by atoms with Crippen molar-refractivity contribution in [2.45, 2.75) is 38.6 Å². The lowest BCUT2D eigenvalue weighted by atomic mass is 9.97. The van der Waals surface area contributed by atoms with Gasteiger partial charge in [0.1, 0.15) is 28.7 Å². The van der Waals surface area contributed by atoms with Crippen LogP contribution in [-0.2, 0) is 4.18 Å². The summed E-state index contributed by atoms with van der Waals surface area (Å²) in [6.45, 7) is 8.24. The van der Waals surface area contributed by atoms with E-state index in [0.717, 1.165) is 0 Å². The van der Waals surface area contributed by atoms with Crippen molar-refractivity contribution in [3.8, 4) is 33.9 Å². The van der Waals surface area contributed by atoms with E-state index in [1.807, 2.05) is 39.8 Å². The molecule has 1 aliphatic rings. The van der Waals surface area contributed by atoms with Gasteiger partial charge in [-0.2, -0.15) is 0 Å². The third-order valence-electron chi connectivity index (χ3n) is 7.12. The summed E-state index contributed by atoms with van der Waals surface area (Å²) in [5, 5.41) is 5.95. The molecule has 2 heterocycles. The quantitative estimate of drug-likeness (QED) is 0.187. The first-order valence-corrected chi connectivity index (χ1v) is 14.9. The van der Waals surface area contributed by atoms with Crippen molar-refractivity contribution in [3.63, 3.8) is 0 Å². The molecule has 0 fully saturated rings. The molecule has 0 radical (unpaired) electrons. The first-order chi connectivity index (χ1) is 21.0. The summed E-state index contributed by atoms with van der Waals surface area (Å²) < 4.78 is 36.9. The topological polar surface area (TPSA) is 111 Å². The third kappa shape index (κ3) is 6.23. The van der Waals surface area contributed by atoms with Crippen molar-refractivity contribution < 1.29 is 32.1 Å². The highest BCUT2D eigenvalue weighted by atomic mass is 32.2. The maximum Gasteiger partial charge on any atom is 0.255 e. The maximum atomic E-state index is 13.7. The minimum atomic E-state index is -0.726. The first-order valence-electron chi connectivity index (χ1n) is 14.1. The molecule has 0 bridgehead atoms. The van der Waals surface area contributed by atoms with Crippen LogP contribution in [0.25, 0.3) is 33.4 Å². The summed E-state index contributed by atoms with van der Waals surface area (Å²) in [6.07, 6.45) is 1.36. The highest BCUT2D eigenvalue weighted by Gasteiger charge is 2.35. The van der Waals surface area contributed by atoms with Crippen molar-refractivity contribution in [1.29, 1.82) is 0 Å². The molecular formula is C33H34FN3O6S. The van der Waals surface area contributed by atoms with E-state index in [2.05, 4.69) is 15.6 Å². The van der Waals surface area contributed by atoms with Gasteiger partial charge in [0.25, 0.3) is 11.8 Å². The van der Waals surface area contributed by atoms with Crippen molar-refractivity contribution in [3.05, 3.63) is 71.5 Å². The lowest BCUT2D eigenvalue weighted by Gasteiger charge is -2.29. The molecule has 0 saturated carbocycles. The number of aliphatic imine (C=N–C) groups is 1. The number of methoxy groups -OCH3 is 1. The Labute approximate surface area is 259 Å². The summed E-state index contributed by atoms with van der Waals surface area (Å²) in [7, 11) is 3.04. The molecule has 4 aromatic rings. The zero-order valence-electron chi connectivity index (χ0n) is 25.3. The van der Waals surface area contributed by atoms with Gasteiger partial charge in [0, 0.05) is 29.6 Å². The largest absolute Gasteiger partial charge is 0.496 e. The summed E-state index contributed by atoms with van der Waals surface area (Å²) in [5.74, 6) is 0.321. The number of nitrogens with one attached hydrogen (secondary N) is 2. The van der Waals surface area contributed by atoms with Crippen LogP contribution in [0.4, 0.5) is 4.39 Å². The second-order valence-corrected chi connectivity index (χ2v) is 12.2. The summed E-state index contributed by atoms with van der Waals surface area (Å²) in [4.78, 5) is 31.1. The van der Waals surface area contributed by atoms with E-state index in [9.17, 15) is 14.0 Å². The number of nitrogens with zero attached hydrogens (tertiary/aromatic N) is 1. The van der Waals surface area contributed by atoms with Crippen LogP contribution in [0.1, 0.15) is 48.4 Å². The molecule has 1 unspecified atom stereocenters. The monoisotopic (exact) mass is 619 g/mol. The summed E-state index contributed by atoms with van der Waals surface area (Å²) in [6, 6.07) is 14.6. The van der Waals surface area contributed by atoms with Crippen molar-refractivity contribution >= 4 is 41.2 Å². The number of ether oxygens (including phenoxy) is 2. The van der Waals surface area contributed by atoms with Crippen LogP contribution in [0.15, 0.2) is 64.0 Å². The van der Waals surface area contributed by atoms with E-state index < -0.39 is 11.4 Å². The fourth-order valence-corrected chi connectivity index (χ4v) is 5.45. The molecule has 0 aliphatic carbocycles. The van der Waals surface area contributed by atoms with Crippen LogP contribution >= 0.6 is 12.0 Å². The minimum Gasteiger partial charge on any atom is -0.496 e. The molecule has 3 aromatic carbocycles. The maximum absolute atomic E-state index is 13.7. The Hall–Kier alpha value is -4.51. The summed E-state index contributed by atoms with van der Waals surface area (Å²) in [5.41, 5.74) is 2.18. The molecule has 5 rings (SSSR count). The molecule has 2 N–H and O–H groups in total. The van der Waals surface area contributed by atoms with E-state index in [0.29, 0.717) is 62.7 Å². The molecule has 0 spiro atoms. The third-order valence-corrected chi connectivity index (χ3v) is 8.21. The van der Waals surface area contributed by atoms with Crippen LogP contribution in [-0.4, -0.2) is 49.9 Å². The highest BCUT2D eigenvalue weighted by molar-refractivity contribution is 7.96. The second-order valence-electron chi connectivity index (χ2n) is 11.3. The van der Waals surface area contributed by atoms with Gasteiger partial charge in [0.05, 0.1) is 42.4 Å². The molecule has 1 atom stereocenters. The van der Waals surface area contributed by atoms with Crippen molar-refractivity contribution in [1.82, 2.24) is 10.6 Å².